The van der Waals surface area contributed by atoms with Crippen LogP contribution in [0, 0.1) is 5.92 Å². The Balaban J connectivity index is 1.64. The Morgan fingerprint density at radius 1 is 1.35 bits per heavy atom. The average molecular weight is 396 g/mol. The summed E-state index contributed by atoms with van der Waals surface area (Å²) in [7, 11) is 0. The van der Waals surface area contributed by atoms with Gasteiger partial charge in [-0.3, -0.25) is 9.59 Å². The lowest BCUT2D eigenvalue weighted by molar-refractivity contribution is -0.123. The van der Waals surface area contributed by atoms with Crippen molar-refractivity contribution in [3.63, 3.8) is 0 Å². The van der Waals surface area contributed by atoms with Gasteiger partial charge >= 0.3 is 0 Å². The zero-order chi connectivity index (χ0) is 16.6. The van der Waals surface area contributed by atoms with Crippen molar-refractivity contribution in [2.75, 3.05) is 0 Å². The summed E-state index contributed by atoms with van der Waals surface area (Å²) < 4.78 is 0.891. The number of thiophene rings is 1. The fraction of sp³-hybridized carbons (Fsp3) is 0.375. The van der Waals surface area contributed by atoms with E-state index in [1.165, 1.54) is 11.3 Å². The molecule has 1 aromatic heterocycles. The normalized spacial score (nSPS) is 21.9. The lowest BCUT2D eigenvalue weighted by Crippen LogP contribution is -2.48. The van der Waals surface area contributed by atoms with Crippen LogP contribution in [-0.4, -0.2) is 17.4 Å². The number of nitrogens with two attached hydrogens (primary N) is 1. The first-order chi connectivity index (χ1) is 10.9. The maximum absolute atomic E-state index is 12.5. The predicted molar refractivity (Wildman–Crippen MR) is 93.7 cm³/mol. The lowest BCUT2D eigenvalue weighted by atomic mass is 9.97. The third-order valence-corrected chi connectivity index (χ3v) is 5.80. The third-order valence-electron chi connectivity index (χ3n) is 4.18. The van der Waals surface area contributed by atoms with Crippen LogP contribution in [0.1, 0.15) is 35.9 Å². The van der Waals surface area contributed by atoms with Crippen LogP contribution in [0.25, 0.3) is 0 Å². The maximum atomic E-state index is 12.5. The van der Waals surface area contributed by atoms with Gasteiger partial charge in [0.15, 0.2) is 0 Å². The van der Waals surface area contributed by atoms with Gasteiger partial charge in [-0.15, -0.1) is 11.3 Å². The second kappa shape index (κ2) is 6.13. The van der Waals surface area contributed by atoms with Crippen molar-refractivity contribution in [2.45, 2.75) is 31.7 Å². The molecule has 5 nitrogen and oxygen atoms in total. The van der Waals surface area contributed by atoms with Gasteiger partial charge in [-0.2, -0.15) is 0 Å². The number of amides is 2. The fourth-order valence-corrected chi connectivity index (χ4v) is 3.77. The van der Waals surface area contributed by atoms with Gasteiger partial charge in [0, 0.05) is 17.3 Å². The minimum atomic E-state index is -0.773. The van der Waals surface area contributed by atoms with E-state index in [-0.39, 0.29) is 17.7 Å². The fourth-order valence-electron chi connectivity index (χ4n) is 2.48. The van der Waals surface area contributed by atoms with Gasteiger partial charge in [0.1, 0.15) is 5.54 Å². The quantitative estimate of drug-likeness (QED) is 0.732. The summed E-state index contributed by atoms with van der Waals surface area (Å²) in [6.07, 6.45) is 5.69. The molecule has 7 heteroatoms. The van der Waals surface area contributed by atoms with E-state index in [2.05, 4.69) is 26.6 Å². The smallest absolute Gasteiger partial charge is 0.262 e. The Morgan fingerprint density at radius 2 is 2.09 bits per heavy atom. The monoisotopic (exact) mass is 395 g/mol. The molecule has 4 N–H and O–H groups in total. The molecule has 2 aliphatic carbocycles. The van der Waals surface area contributed by atoms with Crippen molar-refractivity contribution in [3.8, 4) is 0 Å². The molecular formula is C16H18BrN3O2S. The second-order valence-corrected chi connectivity index (χ2v) is 8.52. The first-order valence-electron chi connectivity index (χ1n) is 7.45. The van der Waals surface area contributed by atoms with Crippen LogP contribution in [0.4, 0.5) is 0 Å². The van der Waals surface area contributed by atoms with E-state index in [0.29, 0.717) is 24.1 Å². The summed E-state index contributed by atoms with van der Waals surface area (Å²) in [6.45, 7) is 2.02. The number of hydrogen-bond donors (Lipinski definition) is 3. The number of hydrogen-bond acceptors (Lipinski definition) is 4. The molecular weight excluding hydrogens is 378 g/mol. The van der Waals surface area contributed by atoms with Crippen LogP contribution in [0.2, 0.25) is 0 Å². The van der Waals surface area contributed by atoms with E-state index in [0.717, 1.165) is 15.2 Å². The van der Waals surface area contributed by atoms with E-state index >= 15 is 0 Å². The molecule has 0 aliphatic heterocycles. The molecule has 0 radical (unpaired) electrons. The van der Waals surface area contributed by atoms with E-state index in [9.17, 15) is 9.59 Å². The van der Waals surface area contributed by atoms with Gasteiger partial charge in [0.05, 0.1) is 8.66 Å². The van der Waals surface area contributed by atoms with Crippen molar-refractivity contribution in [1.82, 2.24) is 10.6 Å². The minimum Gasteiger partial charge on any atom is -0.402 e. The molecule has 1 aromatic rings. The van der Waals surface area contributed by atoms with Gasteiger partial charge in [-0.05, 0) is 59.5 Å². The summed E-state index contributed by atoms with van der Waals surface area (Å²) in [5.74, 6) is -0.138. The standard InChI is InChI=1S/C16H18BrN3O2S/c1-9-8-10(2-3-11(9)18)19-15(22)16(6-7-16)20-14(21)12-4-5-13(17)23-12/h2-5,9H,6-8,18H2,1H3,(H,19,22)(H,20,21). The van der Waals surface area contributed by atoms with Crippen molar-refractivity contribution < 1.29 is 9.59 Å². The van der Waals surface area contributed by atoms with E-state index in [1.54, 1.807) is 6.07 Å². The molecule has 122 valence electrons. The average Bonchev–Trinajstić information content (AvgIpc) is 3.15. The molecule has 0 aromatic carbocycles. The van der Waals surface area contributed by atoms with E-state index in [4.69, 9.17) is 5.73 Å². The Labute approximate surface area is 147 Å². The number of carbonyl (C=O) groups excluding carboxylic acids is 2. The highest BCUT2D eigenvalue weighted by Crippen LogP contribution is 2.37. The highest BCUT2D eigenvalue weighted by molar-refractivity contribution is 9.11. The number of allylic oxidation sites excluding steroid dienone is 4. The molecule has 23 heavy (non-hydrogen) atoms. The van der Waals surface area contributed by atoms with Crippen LogP contribution in [0.15, 0.2) is 39.5 Å². The first-order valence-corrected chi connectivity index (χ1v) is 9.06. The summed E-state index contributed by atoms with van der Waals surface area (Å²) >= 11 is 4.69. The lowest BCUT2D eigenvalue weighted by Gasteiger charge is -2.22. The van der Waals surface area contributed by atoms with Crippen LogP contribution in [0.5, 0.6) is 0 Å². The number of halogens is 1. The molecule has 1 atom stereocenters. The SMILES string of the molecule is CC1CC(NC(=O)C2(NC(=O)c3ccc(Br)s3)CC2)=CC=C1N. The van der Waals surface area contributed by atoms with Crippen LogP contribution in [0.3, 0.4) is 0 Å². The Bertz CT molecular complexity index is 719. The molecule has 2 aliphatic rings. The molecule has 0 spiro atoms. The van der Waals surface area contributed by atoms with Gasteiger partial charge < -0.3 is 16.4 Å². The number of rotatable bonds is 4. The Kier molecular flexibility index (Phi) is 4.33. The maximum Gasteiger partial charge on any atom is 0.262 e. The van der Waals surface area contributed by atoms with Crippen molar-refractivity contribution in [3.05, 3.63) is 44.3 Å². The zero-order valence-corrected chi connectivity index (χ0v) is 15.1. The van der Waals surface area contributed by atoms with Crippen LogP contribution in [-0.2, 0) is 4.79 Å². The molecule has 1 fully saturated rings. The number of nitrogens with one attached hydrogen (secondary N) is 2. The van der Waals surface area contributed by atoms with Crippen molar-refractivity contribution in [1.29, 1.82) is 0 Å². The molecule has 0 bridgehead atoms. The number of carbonyl (C=O) groups is 2. The first kappa shape index (κ1) is 16.3. The van der Waals surface area contributed by atoms with E-state index < -0.39 is 5.54 Å². The molecule has 3 rings (SSSR count). The molecule has 1 saturated carbocycles. The van der Waals surface area contributed by atoms with Gasteiger partial charge in [-0.1, -0.05) is 6.92 Å². The highest BCUT2D eigenvalue weighted by atomic mass is 79.9. The molecule has 1 heterocycles. The predicted octanol–water partition coefficient (Wildman–Crippen LogP) is 2.66. The van der Waals surface area contributed by atoms with Gasteiger partial charge in [0.2, 0.25) is 5.91 Å². The van der Waals surface area contributed by atoms with Gasteiger partial charge in [0.25, 0.3) is 5.91 Å². The van der Waals surface area contributed by atoms with Crippen LogP contribution < -0.4 is 16.4 Å². The minimum absolute atomic E-state index is 0.145. The Morgan fingerprint density at radius 3 is 2.65 bits per heavy atom. The van der Waals surface area contributed by atoms with Crippen LogP contribution >= 0.6 is 27.3 Å². The highest BCUT2D eigenvalue weighted by Gasteiger charge is 2.51. The third kappa shape index (κ3) is 3.50. The largest absolute Gasteiger partial charge is 0.402 e. The zero-order valence-electron chi connectivity index (χ0n) is 12.7. The van der Waals surface area contributed by atoms with Crippen molar-refractivity contribution >= 4 is 39.1 Å². The molecule has 1 unspecified atom stereocenters. The topological polar surface area (TPSA) is 84.2 Å². The summed E-state index contributed by atoms with van der Waals surface area (Å²) in [4.78, 5) is 25.4. The second-order valence-electron chi connectivity index (χ2n) is 6.06. The van der Waals surface area contributed by atoms with E-state index in [1.807, 2.05) is 25.1 Å². The molecule has 2 amide bonds. The summed E-state index contributed by atoms with van der Waals surface area (Å²) in [6, 6.07) is 3.57. The van der Waals surface area contributed by atoms with Crippen molar-refractivity contribution in [2.24, 2.45) is 11.7 Å². The molecule has 0 saturated heterocycles. The summed E-state index contributed by atoms with van der Waals surface area (Å²) in [5, 5.41) is 5.81. The van der Waals surface area contributed by atoms with Gasteiger partial charge in [-0.25, -0.2) is 0 Å². The Hall–Kier alpha value is -1.60. The summed E-state index contributed by atoms with van der Waals surface area (Å²) in [5.41, 5.74) is 6.74.